The number of rotatable bonds is 3. The van der Waals surface area contributed by atoms with Gasteiger partial charge < -0.3 is 5.32 Å². The lowest BCUT2D eigenvalue weighted by molar-refractivity contribution is 0.624. The van der Waals surface area contributed by atoms with Crippen LogP contribution in [-0.2, 0) is 6.54 Å². The second-order valence-corrected chi connectivity index (χ2v) is 4.75. The first kappa shape index (κ1) is 13.5. The molecule has 5 heteroatoms. The molecule has 2 aromatic rings. The van der Waals surface area contributed by atoms with E-state index in [4.69, 9.17) is 5.26 Å². The molecule has 96 valence electrons. The van der Waals surface area contributed by atoms with Gasteiger partial charge in [0.2, 0.25) is 0 Å². The Kier molecular flexibility index (Phi) is 4.13. The predicted octanol–water partition coefficient (Wildman–Crippen LogP) is 4.21. The number of nitriles is 1. The normalized spacial score (nSPS) is 10.0. The van der Waals surface area contributed by atoms with E-state index >= 15 is 0 Å². The van der Waals surface area contributed by atoms with Crippen molar-refractivity contribution in [1.29, 1.82) is 5.26 Å². The predicted molar refractivity (Wildman–Crippen MR) is 72.5 cm³/mol. The van der Waals surface area contributed by atoms with Crippen molar-refractivity contribution in [3.05, 3.63) is 63.6 Å². The number of halogens is 3. The number of hydrogen-bond donors (Lipinski definition) is 1. The number of nitrogens with zero attached hydrogens (tertiary/aromatic N) is 1. The van der Waals surface area contributed by atoms with Gasteiger partial charge in [0.1, 0.15) is 11.6 Å². The molecule has 0 aliphatic carbocycles. The van der Waals surface area contributed by atoms with Gasteiger partial charge in [-0.15, -0.1) is 0 Å². The van der Waals surface area contributed by atoms with Gasteiger partial charge in [0, 0.05) is 11.0 Å². The molecule has 0 saturated heterocycles. The van der Waals surface area contributed by atoms with Gasteiger partial charge in [-0.25, -0.2) is 8.78 Å². The minimum atomic E-state index is -0.508. The topological polar surface area (TPSA) is 35.8 Å². The highest BCUT2D eigenvalue weighted by molar-refractivity contribution is 9.10. The molecule has 0 heterocycles. The number of hydrogen-bond acceptors (Lipinski definition) is 2. The number of anilines is 1. The zero-order valence-electron chi connectivity index (χ0n) is 9.75. The molecule has 0 aromatic heterocycles. The minimum absolute atomic E-state index is 0.259. The Labute approximate surface area is 117 Å². The maximum absolute atomic E-state index is 13.6. The van der Waals surface area contributed by atoms with E-state index in [1.165, 1.54) is 24.3 Å². The summed E-state index contributed by atoms with van der Waals surface area (Å²) in [7, 11) is 0. The molecule has 0 unspecified atom stereocenters. The van der Waals surface area contributed by atoms with Crippen LogP contribution in [0.2, 0.25) is 0 Å². The van der Waals surface area contributed by atoms with Gasteiger partial charge in [-0.2, -0.15) is 5.26 Å². The van der Waals surface area contributed by atoms with E-state index in [0.717, 1.165) is 10.5 Å². The van der Waals surface area contributed by atoms with Crippen molar-refractivity contribution in [1.82, 2.24) is 0 Å². The van der Waals surface area contributed by atoms with Crippen LogP contribution in [0.1, 0.15) is 11.1 Å². The van der Waals surface area contributed by atoms with Gasteiger partial charge in [0.25, 0.3) is 0 Å². The Morgan fingerprint density at radius 2 is 1.95 bits per heavy atom. The fourth-order valence-corrected chi connectivity index (χ4v) is 1.98. The molecule has 0 aliphatic rings. The second-order valence-electron chi connectivity index (χ2n) is 3.90. The molecule has 0 radical (unpaired) electrons. The van der Waals surface area contributed by atoms with Crippen LogP contribution < -0.4 is 5.32 Å². The smallest absolute Gasteiger partial charge is 0.147 e. The van der Waals surface area contributed by atoms with Crippen LogP contribution in [0, 0.1) is 23.0 Å². The first-order valence-electron chi connectivity index (χ1n) is 5.47. The zero-order chi connectivity index (χ0) is 13.8. The minimum Gasteiger partial charge on any atom is -0.379 e. The van der Waals surface area contributed by atoms with Crippen molar-refractivity contribution in [2.24, 2.45) is 0 Å². The van der Waals surface area contributed by atoms with Crippen LogP contribution >= 0.6 is 15.9 Å². The average molecular weight is 323 g/mol. The Hall–Kier alpha value is -1.93. The van der Waals surface area contributed by atoms with Gasteiger partial charge in [-0.05, 0) is 42.0 Å². The molecule has 0 spiro atoms. The third-order valence-electron chi connectivity index (χ3n) is 2.58. The quantitative estimate of drug-likeness (QED) is 0.918. The SMILES string of the molecule is N#Cc1ccc(NCc2cc(F)ccc2Br)c(F)c1. The summed E-state index contributed by atoms with van der Waals surface area (Å²) in [6.45, 7) is 0.279. The summed E-state index contributed by atoms with van der Waals surface area (Å²) >= 11 is 3.30. The highest BCUT2D eigenvalue weighted by Gasteiger charge is 2.05. The second kappa shape index (κ2) is 5.81. The van der Waals surface area contributed by atoms with Gasteiger partial charge in [-0.1, -0.05) is 15.9 Å². The van der Waals surface area contributed by atoms with Crippen LogP contribution in [0.15, 0.2) is 40.9 Å². The Balaban J connectivity index is 2.15. The van der Waals surface area contributed by atoms with Crippen LogP contribution in [-0.4, -0.2) is 0 Å². The largest absolute Gasteiger partial charge is 0.379 e. The molecule has 0 atom stereocenters. The van der Waals surface area contributed by atoms with Crippen molar-refractivity contribution in [3.63, 3.8) is 0 Å². The standard InChI is InChI=1S/C14H9BrF2N2/c15-12-3-2-11(16)6-10(12)8-19-14-4-1-9(7-18)5-13(14)17/h1-6,19H,8H2. The summed E-state index contributed by atoms with van der Waals surface area (Å²) in [5, 5.41) is 11.5. The average Bonchev–Trinajstić information content (AvgIpc) is 2.40. The van der Waals surface area contributed by atoms with E-state index in [0.29, 0.717) is 5.56 Å². The third kappa shape index (κ3) is 3.30. The summed E-state index contributed by atoms with van der Waals surface area (Å²) in [6, 6.07) is 10.3. The molecule has 19 heavy (non-hydrogen) atoms. The third-order valence-corrected chi connectivity index (χ3v) is 3.35. The van der Waals surface area contributed by atoms with Crippen molar-refractivity contribution < 1.29 is 8.78 Å². The van der Waals surface area contributed by atoms with E-state index in [1.54, 1.807) is 6.07 Å². The molecule has 2 rings (SSSR count). The summed E-state index contributed by atoms with van der Waals surface area (Å²) in [5.41, 5.74) is 1.22. The first-order valence-corrected chi connectivity index (χ1v) is 6.27. The van der Waals surface area contributed by atoms with Crippen LogP contribution in [0.25, 0.3) is 0 Å². The molecular formula is C14H9BrF2N2. The lowest BCUT2D eigenvalue weighted by Gasteiger charge is -2.09. The van der Waals surface area contributed by atoms with Crippen LogP contribution in [0.5, 0.6) is 0 Å². The maximum Gasteiger partial charge on any atom is 0.147 e. The van der Waals surface area contributed by atoms with Crippen molar-refractivity contribution in [2.45, 2.75) is 6.54 Å². The summed E-state index contributed by atoms with van der Waals surface area (Å²) < 4.78 is 27.5. The summed E-state index contributed by atoms with van der Waals surface area (Å²) in [4.78, 5) is 0. The van der Waals surface area contributed by atoms with E-state index in [1.807, 2.05) is 6.07 Å². The Bertz CT molecular complexity index is 650. The first-order chi connectivity index (χ1) is 9.10. The molecule has 0 fully saturated rings. The highest BCUT2D eigenvalue weighted by atomic mass is 79.9. The highest BCUT2D eigenvalue weighted by Crippen LogP contribution is 2.21. The molecule has 0 bridgehead atoms. The van der Waals surface area contributed by atoms with Crippen LogP contribution in [0.4, 0.5) is 14.5 Å². The number of nitrogens with one attached hydrogen (secondary N) is 1. The van der Waals surface area contributed by atoms with Crippen molar-refractivity contribution in [3.8, 4) is 6.07 Å². The van der Waals surface area contributed by atoms with E-state index in [2.05, 4.69) is 21.2 Å². The lowest BCUT2D eigenvalue weighted by atomic mass is 10.2. The molecule has 1 N–H and O–H groups in total. The van der Waals surface area contributed by atoms with Gasteiger partial charge in [0.05, 0.1) is 17.3 Å². The fourth-order valence-electron chi connectivity index (χ4n) is 1.60. The monoisotopic (exact) mass is 322 g/mol. The molecule has 0 amide bonds. The van der Waals surface area contributed by atoms with Gasteiger partial charge in [0.15, 0.2) is 0 Å². The zero-order valence-corrected chi connectivity index (χ0v) is 11.3. The van der Waals surface area contributed by atoms with E-state index < -0.39 is 5.82 Å². The molecular weight excluding hydrogens is 314 g/mol. The summed E-state index contributed by atoms with van der Waals surface area (Å²) in [6.07, 6.45) is 0. The lowest BCUT2D eigenvalue weighted by Crippen LogP contribution is -2.02. The van der Waals surface area contributed by atoms with Crippen LogP contribution in [0.3, 0.4) is 0 Å². The Morgan fingerprint density at radius 3 is 2.63 bits per heavy atom. The van der Waals surface area contributed by atoms with E-state index in [-0.39, 0.29) is 23.6 Å². The molecule has 0 saturated carbocycles. The molecule has 2 nitrogen and oxygen atoms in total. The van der Waals surface area contributed by atoms with E-state index in [9.17, 15) is 8.78 Å². The number of benzene rings is 2. The van der Waals surface area contributed by atoms with Crippen molar-refractivity contribution >= 4 is 21.6 Å². The molecule has 0 aliphatic heterocycles. The fraction of sp³-hybridized carbons (Fsp3) is 0.0714. The van der Waals surface area contributed by atoms with Gasteiger partial charge in [-0.3, -0.25) is 0 Å². The Morgan fingerprint density at radius 1 is 1.16 bits per heavy atom. The van der Waals surface area contributed by atoms with Gasteiger partial charge >= 0.3 is 0 Å². The summed E-state index contributed by atoms with van der Waals surface area (Å²) in [5.74, 6) is -0.855. The van der Waals surface area contributed by atoms with Crippen molar-refractivity contribution in [2.75, 3.05) is 5.32 Å². The maximum atomic E-state index is 13.6. The molecule has 2 aromatic carbocycles.